The van der Waals surface area contributed by atoms with Gasteiger partial charge in [0.2, 0.25) is 5.78 Å². The molecule has 0 spiro atoms. The first-order chi connectivity index (χ1) is 14.6. The smallest absolute Gasteiger partial charge is 0.231 e. The largest absolute Gasteiger partial charge is 0.496 e. The Bertz CT molecular complexity index is 1130. The molecule has 3 aromatic carbocycles. The van der Waals surface area contributed by atoms with Gasteiger partial charge in [-0.1, -0.05) is 58.4 Å². The SMILES string of the molecule is COc1ccccc1/C=C/C=C1\Oc2cc(OCc3ccc(Br)cc3)ccc2C1=O. The molecule has 0 bridgehead atoms. The van der Waals surface area contributed by atoms with E-state index in [1.54, 1.807) is 37.5 Å². The lowest BCUT2D eigenvalue weighted by Gasteiger charge is -2.07. The fourth-order valence-corrected chi connectivity index (χ4v) is 3.33. The van der Waals surface area contributed by atoms with E-state index in [9.17, 15) is 4.79 Å². The Labute approximate surface area is 183 Å². The summed E-state index contributed by atoms with van der Waals surface area (Å²) in [7, 11) is 1.63. The number of Topliss-reactive ketones (excluding diaryl/α,β-unsaturated/α-hetero) is 1. The van der Waals surface area contributed by atoms with Crippen LogP contribution in [-0.2, 0) is 6.61 Å². The van der Waals surface area contributed by atoms with Crippen molar-refractivity contribution < 1.29 is 19.0 Å². The molecule has 1 aliphatic rings. The molecule has 5 heteroatoms. The van der Waals surface area contributed by atoms with E-state index >= 15 is 0 Å². The van der Waals surface area contributed by atoms with Gasteiger partial charge in [-0.3, -0.25) is 4.79 Å². The van der Waals surface area contributed by atoms with Gasteiger partial charge in [-0.2, -0.15) is 0 Å². The van der Waals surface area contributed by atoms with Gasteiger partial charge in [0.15, 0.2) is 5.76 Å². The Kier molecular flexibility index (Phi) is 6.00. The molecule has 1 heterocycles. The first-order valence-electron chi connectivity index (χ1n) is 9.39. The van der Waals surface area contributed by atoms with Gasteiger partial charge in [-0.25, -0.2) is 0 Å². The number of fused-ring (bicyclic) bond motifs is 1. The second-order valence-electron chi connectivity index (χ2n) is 6.64. The van der Waals surface area contributed by atoms with E-state index in [-0.39, 0.29) is 11.5 Å². The highest BCUT2D eigenvalue weighted by Gasteiger charge is 2.27. The van der Waals surface area contributed by atoms with E-state index in [0.29, 0.717) is 23.7 Å². The topological polar surface area (TPSA) is 44.8 Å². The summed E-state index contributed by atoms with van der Waals surface area (Å²) >= 11 is 3.42. The van der Waals surface area contributed by atoms with Crippen molar-refractivity contribution in [2.24, 2.45) is 0 Å². The molecular weight excluding hydrogens is 444 g/mol. The van der Waals surface area contributed by atoms with E-state index in [1.807, 2.05) is 54.6 Å². The van der Waals surface area contributed by atoms with Crippen LogP contribution in [0.3, 0.4) is 0 Å². The Balaban J connectivity index is 1.45. The third kappa shape index (κ3) is 4.47. The molecule has 0 amide bonds. The van der Waals surface area contributed by atoms with Crippen LogP contribution in [0.4, 0.5) is 0 Å². The zero-order valence-corrected chi connectivity index (χ0v) is 17.9. The van der Waals surface area contributed by atoms with E-state index < -0.39 is 0 Å². The van der Waals surface area contributed by atoms with Crippen LogP contribution in [0.1, 0.15) is 21.5 Å². The van der Waals surface area contributed by atoms with Crippen LogP contribution in [0, 0.1) is 0 Å². The predicted octanol–water partition coefficient (Wildman–Crippen LogP) is 6.21. The monoisotopic (exact) mass is 462 g/mol. The zero-order valence-electron chi connectivity index (χ0n) is 16.3. The molecule has 0 N–H and O–H groups in total. The van der Waals surface area contributed by atoms with Crippen molar-refractivity contribution >= 4 is 27.8 Å². The zero-order chi connectivity index (χ0) is 20.9. The normalized spacial score (nSPS) is 14.1. The van der Waals surface area contributed by atoms with Gasteiger partial charge in [0.25, 0.3) is 0 Å². The highest BCUT2D eigenvalue weighted by molar-refractivity contribution is 9.10. The summed E-state index contributed by atoms with van der Waals surface area (Å²) in [4.78, 5) is 12.6. The van der Waals surface area contributed by atoms with Gasteiger partial charge in [-0.05, 0) is 42.0 Å². The van der Waals surface area contributed by atoms with Gasteiger partial charge < -0.3 is 14.2 Å². The number of para-hydroxylation sites is 1. The first kappa shape index (κ1) is 20.0. The third-order valence-electron chi connectivity index (χ3n) is 4.62. The van der Waals surface area contributed by atoms with E-state index in [4.69, 9.17) is 14.2 Å². The summed E-state index contributed by atoms with van der Waals surface area (Å²) in [5.41, 5.74) is 2.50. The average Bonchev–Trinajstić information content (AvgIpc) is 3.08. The maximum atomic E-state index is 12.6. The molecule has 0 radical (unpaired) electrons. The second kappa shape index (κ2) is 9.01. The van der Waals surface area contributed by atoms with Gasteiger partial charge in [0.05, 0.1) is 12.7 Å². The van der Waals surface area contributed by atoms with Crippen molar-refractivity contribution in [1.82, 2.24) is 0 Å². The van der Waals surface area contributed by atoms with Gasteiger partial charge in [0.1, 0.15) is 23.9 Å². The average molecular weight is 463 g/mol. The molecule has 3 aromatic rings. The minimum absolute atomic E-state index is 0.144. The van der Waals surface area contributed by atoms with Crippen LogP contribution in [-0.4, -0.2) is 12.9 Å². The van der Waals surface area contributed by atoms with Gasteiger partial charge in [-0.15, -0.1) is 0 Å². The molecule has 1 aliphatic heterocycles. The van der Waals surface area contributed by atoms with Crippen molar-refractivity contribution in [2.45, 2.75) is 6.61 Å². The van der Waals surface area contributed by atoms with Gasteiger partial charge >= 0.3 is 0 Å². The minimum Gasteiger partial charge on any atom is -0.496 e. The summed E-state index contributed by atoms with van der Waals surface area (Å²) in [6.07, 6.45) is 5.32. The van der Waals surface area contributed by atoms with Crippen LogP contribution < -0.4 is 14.2 Å². The summed E-state index contributed by atoms with van der Waals surface area (Å²) < 4.78 is 18.0. The maximum Gasteiger partial charge on any atom is 0.231 e. The lowest BCUT2D eigenvalue weighted by atomic mass is 10.1. The number of carbonyl (C=O) groups excluding carboxylic acids is 1. The number of benzene rings is 3. The van der Waals surface area contributed by atoms with E-state index in [0.717, 1.165) is 21.3 Å². The molecule has 0 aromatic heterocycles. The quantitative estimate of drug-likeness (QED) is 0.408. The lowest BCUT2D eigenvalue weighted by Crippen LogP contribution is -1.97. The molecule has 0 atom stereocenters. The van der Waals surface area contributed by atoms with Crippen molar-refractivity contribution in [1.29, 1.82) is 0 Å². The molecule has 0 aliphatic carbocycles. The Morgan fingerprint density at radius 1 is 1.03 bits per heavy atom. The van der Waals surface area contributed by atoms with Crippen LogP contribution in [0.2, 0.25) is 0 Å². The maximum absolute atomic E-state index is 12.6. The Morgan fingerprint density at radius 2 is 1.83 bits per heavy atom. The molecule has 4 nitrogen and oxygen atoms in total. The molecule has 0 saturated carbocycles. The van der Waals surface area contributed by atoms with Crippen LogP contribution in [0.15, 0.2) is 89.1 Å². The molecular formula is C25H19BrO4. The fourth-order valence-electron chi connectivity index (χ4n) is 3.06. The number of hydrogen-bond donors (Lipinski definition) is 0. The number of hydrogen-bond acceptors (Lipinski definition) is 4. The number of methoxy groups -OCH3 is 1. The highest BCUT2D eigenvalue weighted by atomic mass is 79.9. The second-order valence-corrected chi connectivity index (χ2v) is 7.55. The minimum atomic E-state index is -0.144. The van der Waals surface area contributed by atoms with Crippen LogP contribution in [0.25, 0.3) is 6.08 Å². The van der Waals surface area contributed by atoms with E-state index in [2.05, 4.69) is 15.9 Å². The van der Waals surface area contributed by atoms with Gasteiger partial charge in [0, 0.05) is 16.1 Å². The summed E-state index contributed by atoms with van der Waals surface area (Å²) in [5.74, 6) is 2.05. The number of halogens is 1. The molecule has 0 fully saturated rings. The predicted molar refractivity (Wildman–Crippen MR) is 120 cm³/mol. The number of carbonyl (C=O) groups is 1. The van der Waals surface area contributed by atoms with Crippen molar-refractivity contribution in [3.63, 3.8) is 0 Å². The van der Waals surface area contributed by atoms with E-state index in [1.165, 1.54) is 0 Å². The summed E-state index contributed by atoms with van der Waals surface area (Å²) in [6.45, 7) is 0.435. The highest BCUT2D eigenvalue weighted by Crippen LogP contribution is 2.34. The first-order valence-corrected chi connectivity index (χ1v) is 10.2. The molecule has 150 valence electrons. The standard InChI is InChI=1S/C25H19BrO4/c1-28-22-7-3-2-5-18(22)6-4-8-23-25(27)21-14-13-20(15-24(21)30-23)29-16-17-9-11-19(26)12-10-17/h2-15H,16H2,1H3/b6-4+,23-8-. The van der Waals surface area contributed by atoms with Crippen LogP contribution in [0.5, 0.6) is 17.2 Å². The van der Waals surface area contributed by atoms with Crippen LogP contribution >= 0.6 is 15.9 Å². The number of allylic oxidation sites excluding steroid dienone is 3. The molecule has 0 saturated heterocycles. The Hall–Kier alpha value is -3.31. The fraction of sp³-hybridized carbons (Fsp3) is 0.0800. The molecule has 30 heavy (non-hydrogen) atoms. The Morgan fingerprint density at radius 3 is 2.63 bits per heavy atom. The lowest BCUT2D eigenvalue weighted by molar-refractivity contribution is 0.101. The number of ketones is 1. The van der Waals surface area contributed by atoms with Crippen molar-refractivity contribution in [2.75, 3.05) is 7.11 Å². The summed E-state index contributed by atoms with van der Waals surface area (Å²) in [5, 5.41) is 0. The van der Waals surface area contributed by atoms with Crippen molar-refractivity contribution in [3.8, 4) is 17.2 Å². The summed E-state index contributed by atoms with van der Waals surface area (Å²) in [6, 6.07) is 20.9. The molecule has 4 rings (SSSR count). The molecule has 0 unspecified atom stereocenters. The van der Waals surface area contributed by atoms with Crippen molar-refractivity contribution in [3.05, 3.63) is 106 Å². The number of rotatable bonds is 6. The number of ether oxygens (including phenoxy) is 3. The third-order valence-corrected chi connectivity index (χ3v) is 5.15.